The van der Waals surface area contributed by atoms with E-state index < -0.39 is 28.9 Å². The summed E-state index contributed by atoms with van der Waals surface area (Å²) in [6.07, 6.45) is -4.97. The molecule has 2 N–H and O–H groups in total. The maximum atomic E-state index is 13.6. The van der Waals surface area contributed by atoms with Gasteiger partial charge in [0.1, 0.15) is 0 Å². The number of aromatic amines is 1. The van der Waals surface area contributed by atoms with Crippen LogP contribution in [0.25, 0.3) is 5.69 Å². The van der Waals surface area contributed by atoms with Crippen LogP contribution in [0.2, 0.25) is 0 Å². The van der Waals surface area contributed by atoms with Gasteiger partial charge in [-0.25, -0.2) is 10.1 Å². The Kier molecular flexibility index (Phi) is 5.73. The highest BCUT2D eigenvalue weighted by Crippen LogP contribution is 2.23. The van der Waals surface area contributed by atoms with E-state index in [1.807, 2.05) is 5.43 Å². The number of aryl methyl sites for hydroxylation is 1. The van der Waals surface area contributed by atoms with E-state index in [4.69, 9.17) is 0 Å². The normalized spacial score (nSPS) is 12.1. The Morgan fingerprint density at radius 2 is 1.83 bits per heavy atom. The number of carbonyl (C=O) groups excluding carboxylic acids is 1. The summed E-state index contributed by atoms with van der Waals surface area (Å²) >= 11 is 3.18. The smallest absolute Gasteiger partial charge is 0.295 e. The lowest BCUT2D eigenvalue weighted by atomic mass is 10.1. The van der Waals surface area contributed by atoms with E-state index >= 15 is 0 Å². The molecular weight excluding hydrogens is 453 g/mol. The van der Waals surface area contributed by atoms with Crippen LogP contribution < -0.4 is 11.0 Å². The molecule has 3 rings (SSSR count). The summed E-state index contributed by atoms with van der Waals surface area (Å²) in [5.41, 5.74) is -0.770. The topological polar surface area (TPSA) is 79.2 Å². The molecule has 10 heteroatoms. The standard InChI is InChI=1S/C19H14BrF3N4O2/c1-11-15(18(29)27(26-11)14-8-3-2-4-9-14)16(19(21,22)23)24-25-17(28)12-6-5-7-13(20)10-12/h2-10,26H,1H3,(H,25,28)/b24-16+. The Balaban J connectivity index is 2.02. The second kappa shape index (κ2) is 8.08. The van der Waals surface area contributed by atoms with Crippen LogP contribution in [-0.4, -0.2) is 27.6 Å². The molecule has 3 aromatic rings. The van der Waals surface area contributed by atoms with Gasteiger partial charge in [-0.3, -0.25) is 14.7 Å². The largest absolute Gasteiger partial charge is 0.435 e. The van der Waals surface area contributed by atoms with Gasteiger partial charge in [0.25, 0.3) is 11.5 Å². The molecule has 29 heavy (non-hydrogen) atoms. The van der Waals surface area contributed by atoms with Crippen molar-refractivity contribution >= 4 is 27.5 Å². The Hall–Kier alpha value is -3.14. The SMILES string of the molecule is Cc1[nH]n(-c2ccccc2)c(=O)c1/C(=N\NC(=O)c1cccc(Br)c1)C(F)(F)F. The van der Waals surface area contributed by atoms with E-state index in [2.05, 4.69) is 26.1 Å². The van der Waals surface area contributed by atoms with Crippen molar-refractivity contribution in [3.05, 3.63) is 86.2 Å². The first-order chi connectivity index (χ1) is 13.7. The molecule has 0 radical (unpaired) electrons. The zero-order valence-corrected chi connectivity index (χ0v) is 16.5. The van der Waals surface area contributed by atoms with Crippen molar-refractivity contribution in [2.75, 3.05) is 0 Å². The number of benzene rings is 2. The lowest BCUT2D eigenvalue weighted by Crippen LogP contribution is -2.33. The summed E-state index contributed by atoms with van der Waals surface area (Å²) in [5, 5.41) is 5.86. The molecule has 0 aliphatic carbocycles. The quantitative estimate of drug-likeness (QED) is 0.451. The minimum absolute atomic E-state index is 0.0355. The van der Waals surface area contributed by atoms with Crippen LogP contribution in [0.1, 0.15) is 21.6 Å². The van der Waals surface area contributed by atoms with Gasteiger partial charge < -0.3 is 0 Å². The number of hydrogen-bond donors (Lipinski definition) is 2. The van der Waals surface area contributed by atoms with E-state index in [-0.39, 0.29) is 11.3 Å². The summed E-state index contributed by atoms with van der Waals surface area (Å²) in [5.74, 6) is -0.843. The summed E-state index contributed by atoms with van der Waals surface area (Å²) < 4.78 is 42.5. The molecule has 2 aromatic carbocycles. The predicted molar refractivity (Wildman–Crippen MR) is 105 cm³/mol. The van der Waals surface area contributed by atoms with Crippen molar-refractivity contribution in [1.29, 1.82) is 0 Å². The number of nitrogens with one attached hydrogen (secondary N) is 2. The zero-order chi connectivity index (χ0) is 21.2. The zero-order valence-electron chi connectivity index (χ0n) is 14.9. The van der Waals surface area contributed by atoms with Gasteiger partial charge in [0, 0.05) is 15.7 Å². The molecule has 0 aliphatic heterocycles. The third kappa shape index (κ3) is 4.48. The molecule has 0 unspecified atom stereocenters. The minimum atomic E-state index is -4.97. The minimum Gasteiger partial charge on any atom is -0.295 e. The molecule has 0 aliphatic rings. The Morgan fingerprint density at radius 3 is 2.45 bits per heavy atom. The fraction of sp³-hybridized carbons (Fsp3) is 0.105. The number of nitrogens with zero attached hydrogens (tertiary/aromatic N) is 2. The van der Waals surface area contributed by atoms with E-state index in [1.54, 1.807) is 42.5 Å². The molecule has 0 bridgehead atoms. The second-order valence-corrected chi connectivity index (χ2v) is 6.91. The van der Waals surface area contributed by atoms with Crippen LogP contribution in [0.15, 0.2) is 69.0 Å². The van der Waals surface area contributed by atoms with Gasteiger partial charge in [0.2, 0.25) is 0 Å². The number of amides is 1. The number of H-pyrrole nitrogens is 1. The Labute approximate surface area is 171 Å². The van der Waals surface area contributed by atoms with Gasteiger partial charge in [0.15, 0.2) is 5.71 Å². The van der Waals surface area contributed by atoms with Crippen molar-refractivity contribution in [2.45, 2.75) is 13.1 Å². The fourth-order valence-corrected chi connectivity index (χ4v) is 3.05. The Bertz CT molecular complexity index is 1130. The number of aromatic nitrogens is 2. The van der Waals surface area contributed by atoms with Crippen LogP contribution in [0.4, 0.5) is 13.2 Å². The van der Waals surface area contributed by atoms with Crippen LogP contribution in [0.3, 0.4) is 0 Å². The monoisotopic (exact) mass is 466 g/mol. The van der Waals surface area contributed by atoms with Gasteiger partial charge in [-0.15, -0.1) is 0 Å². The van der Waals surface area contributed by atoms with E-state index in [0.29, 0.717) is 10.2 Å². The van der Waals surface area contributed by atoms with Crippen LogP contribution in [0.5, 0.6) is 0 Å². The van der Waals surface area contributed by atoms with Gasteiger partial charge in [-0.05, 0) is 37.3 Å². The van der Waals surface area contributed by atoms with Crippen LogP contribution in [-0.2, 0) is 0 Å². The third-order valence-electron chi connectivity index (χ3n) is 3.95. The molecular formula is C19H14BrF3N4O2. The van der Waals surface area contributed by atoms with E-state index in [9.17, 15) is 22.8 Å². The maximum absolute atomic E-state index is 13.6. The van der Waals surface area contributed by atoms with Gasteiger partial charge in [0.05, 0.1) is 11.3 Å². The van der Waals surface area contributed by atoms with Crippen molar-refractivity contribution in [2.24, 2.45) is 5.10 Å². The molecule has 150 valence electrons. The number of para-hydroxylation sites is 1. The van der Waals surface area contributed by atoms with Crippen LogP contribution >= 0.6 is 15.9 Å². The number of hydrogen-bond acceptors (Lipinski definition) is 3. The summed E-state index contributed by atoms with van der Waals surface area (Å²) in [7, 11) is 0. The first-order valence-corrected chi connectivity index (χ1v) is 9.06. The highest BCUT2D eigenvalue weighted by Gasteiger charge is 2.41. The third-order valence-corrected chi connectivity index (χ3v) is 4.44. The molecule has 0 saturated heterocycles. The van der Waals surface area contributed by atoms with Gasteiger partial charge in [-0.1, -0.05) is 40.2 Å². The van der Waals surface area contributed by atoms with Crippen molar-refractivity contribution in [1.82, 2.24) is 15.2 Å². The van der Waals surface area contributed by atoms with E-state index in [0.717, 1.165) is 4.68 Å². The van der Waals surface area contributed by atoms with Crippen LogP contribution in [0, 0.1) is 6.92 Å². The molecule has 1 heterocycles. The summed E-state index contributed by atoms with van der Waals surface area (Å²) in [6.45, 7) is 1.33. The average molecular weight is 467 g/mol. The highest BCUT2D eigenvalue weighted by molar-refractivity contribution is 9.10. The van der Waals surface area contributed by atoms with Gasteiger partial charge in [-0.2, -0.15) is 18.3 Å². The molecule has 1 amide bonds. The molecule has 0 saturated carbocycles. The number of halogens is 4. The lowest BCUT2D eigenvalue weighted by molar-refractivity contribution is -0.0584. The molecule has 1 aromatic heterocycles. The molecule has 6 nitrogen and oxygen atoms in total. The predicted octanol–water partition coefficient (Wildman–Crippen LogP) is 3.93. The summed E-state index contributed by atoms with van der Waals surface area (Å²) in [4.78, 5) is 24.8. The lowest BCUT2D eigenvalue weighted by Gasteiger charge is -2.09. The van der Waals surface area contributed by atoms with Gasteiger partial charge >= 0.3 is 6.18 Å². The Morgan fingerprint density at radius 1 is 1.14 bits per heavy atom. The highest BCUT2D eigenvalue weighted by atomic mass is 79.9. The average Bonchev–Trinajstić information content (AvgIpc) is 2.96. The molecule has 0 atom stereocenters. The fourth-order valence-electron chi connectivity index (χ4n) is 2.65. The maximum Gasteiger partial charge on any atom is 0.435 e. The number of alkyl halides is 3. The van der Waals surface area contributed by atoms with E-state index in [1.165, 1.54) is 19.1 Å². The van der Waals surface area contributed by atoms with Crippen molar-refractivity contribution < 1.29 is 18.0 Å². The summed E-state index contributed by atoms with van der Waals surface area (Å²) in [6, 6.07) is 14.2. The number of rotatable bonds is 4. The number of hydrazone groups is 1. The first-order valence-electron chi connectivity index (χ1n) is 8.26. The molecule has 0 fully saturated rings. The number of carbonyl (C=O) groups is 1. The second-order valence-electron chi connectivity index (χ2n) is 6.00. The van der Waals surface area contributed by atoms with Crippen molar-refractivity contribution in [3.63, 3.8) is 0 Å². The molecule has 0 spiro atoms. The first kappa shape index (κ1) is 20.6. The van der Waals surface area contributed by atoms with Crippen molar-refractivity contribution in [3.8, 4) is 5.69 Å².